The summed E-state index contributed by atoms with van der Waals surface area (Å²) in [6, 6.07) is 4.62. The first-order valence-corrected chi connectivity index (χ1v) is 8.83. The zero-order valence-electron chi connectivity index (χ0n) is 12.8. The molecular formula is C14H20ClN3O4S. The predicted octanol–water partition coefficient (Wildman–Crippen LogP) is 1.70. The van der Waals surface area contributed by atoms with E-state index in [1.165, 1.54) is 29.4 Å². The summed E-state index contributed by atoms with van der Waals surface area (Å²) in [6.07, 6.45) is 1.77. The van der Waals surface area contributed by atoms with Crippen molar-refractivity contribution in [2.24, 2.45) is 5.92 Å². The van der Waals surface area contributed by atoms with E-state index in [1.54, 1.807) is 0 Å². The van der Waals surface area contributed by atoms with Crippen LogP contribution in [0.4, 0.5) is 5.69 Å². The van der Waals surface area contributed by atoms with E-state index >= 15 is 0 Å². The van der Waals surface area contributed by atoms with Crippen molar-refractivity contribution >= 4 is 28.1 Å². The van der Waals surface area contributed by atoms with E-state index in [0.717, 1.165) is 19.4 Å². The Kier molecular flexibility index (Phi) is 5.30. The SMILES string of the molecule is Cc1c([N+](=O)[O-])cccc1S(=O)(=O)N1CCC2NCCC2C1.Cl. The standard InChI is InChI=1S/C14H19N3O4S.ClH/c1-10-13(17(18)19)3-2-4-14(10)22(20,21)16-8-6-12-11(9-16)5-7-15-12;/h2-4,11-12,15H,5-9H2,1H3;1H. The largest absolute Gasteiger partial charge is 0.314 e. The van der Waals surface area contributed by atoms with Gasteiger partial charge in [-0.15, -0.1) is 12.4 Å². The molecule has 0 amide bonds. The molecule has 0 radical (unpaired) electrons. The summed E-state index contributed by atoms with van der Waals surface area (Å²) in [5, 5.41) is 14.4. The van der Waals surface area contributed by atoms with Crippen molar-refractivity contribution in [2.75, 3.05) is 19.6 Å². The van der Waals surface area contributed by atoms with Crippen molar-refractivity contribution in [1.29, 1.82) is 0 Å². The molecule has 3 rings (SSSR count). The van der Waals surface area contributed by atoms with E-state index in [9.17, 15) is 18.5 Å². The first kappa shape index (κ1) is 18.1. The van der Waals surface area contributed by atoms with E-state index in [4.69, 9.17) is 0 Å². The second-order valence-electron chi connectivity index (χ2n) is 5.92. The lowest BCUT2D eigenvalue weighted by molar-refractivity contribution is -0.385. The second kappa shape index (κ2) is 6.72. The highest BCUT2D eigenvalue weighted by Crippen LogP contribution is 2.31. The number of nitrogens with zero attached hydrogens (tertiary/aromatic N) is 2. The van der Waals surface area contributed by atoms with Gasteiger partial charge >= 0.3 is 0 Å². The van der Waals surface area contributed by atoms with Crippen molar-refractivity contribution in [1.82, 2.24) is 9.62 Å². The Labute approximate surface area is 141 Å². The van der Waals surface area contributed by atoms with Crippen molar-refractivity contribution in [3.8, 4) is 0 Å². The highest BCUT2D eigenvalue weighted by Gasteiger charge is 2.38. The molecule has 0 spiro atoms. The van der Waals surface area contributed by atoms with Crippen molar-refractivity contribution < 1.29 is 13.3 Å². The molecule has 2 atom stereocenters. The topological polar surface area (TPSA) is 92.5 Å². The van der Waals surface area contributed by atoms with Crippen LogP contribution in [0.15, 0.2) is 23.1 Å². The molecular weight excluding hydrogens is 342 g/mol. The number of nitro groups is 1. The maximum Gasteiger partial charge on any atom is 0.273 e. The molecule has 2 saturated heterocycles. The fraction of sp³-hybridized carbons (Fsp3) is 0.571. The number of hydrogen-bond donors (Lipinski definition) is 1. The average molecular weight is 362 g/mol. The first-order chi connectivity index (χ1) is 10.4. The fourth-order valence-electron chi connectivity index (χ4n) is 3.45. The molecule has 1 N–H and O–H groups in total. The van der Waals surface area contributed by atoms with Gasteiger partial charge in [-0.2, -0.15) is 4.31 Å². The number of sulfonamides is 1. The molecule has 9 heteroatoms. The van der Waals surface area contributed by atoms with E-state index in [1.807, 2.05) is 0 Å². The third-order valence-electron chi connectivity index (χ3n) is 4.69. The molecule has 7 nitrogen and oxygen atoms in total. The molecule has 2 fully saturated rings. The van der Waals surface area contributed by atoms with Gasteiger partial charge < -0.3 is 5.32 Å². The van der Waals surface area contributed by atoms with Crippen LogP contribution in [0.25, 0.3) is 0 Å². The van der Waals surface area contributed by atoms with Gasteiger partial charge in [0.25, 0.3) is 5.69 Å². The maximum absolute atomic E-state index is 12.9. The summed E-state index contributed by atoms with van der Waals surface area (Å²) in [5.41, 5.74) is 0.0534. The minimum Gasteiger partial charge on any atom is -0.314 e. The third-order valence-corrected chi connectivity index (χ3v) is 6.70. The number of piperidine rings is 1. The zero-order valence-corrected chi connectivity index (χ0v) is 14.4. The van der Waals surface area contributed by atoms with Crippen LogP contribution in [-0.2, 0) is 10.0 Å². The van der Waals surface area contributed by atoms with Crippen LogP contribution in [0.3, 0.4) is 0 Å². The van der Waals surface area contributed by atoms with Gasteiger partial charge in [-0.25, -0.2) is 8.42 Å². The lowest BCUT2D eigenvalue weighted by Crippen LogP contribution is -2.46. The van der Waals surface area contributed by atoms with Gasteiger partial charge in [0.1, 0.15) is 0 Å². The highest BCUT2D eigenvalue weighted by atomic mass is 35.5. The van der Waals surface area contributed by atoms with Crippen LogP contribution in [0.2, 0.25) is 0 Å². The Morgan fingerprint density at radius 2 is 2.09 bits per heavy atom. The number of benzene rings is 1. The summed E-state index contributed by atoms with van der Waals surface area (Å²) in [4.78, 5) is 10.5. The van der Waals surface area contributed by atoms with E-state index in [0.29, 0.717) is 25.0 Å². The molecule has 1 aromatic rings. The Morgan fingerprint density at radius 1 is 1.35 bits per heavy atom. The first-order valence-electron chi connectivity index (χ1n) is 7.39. The number of halogens is 1. The van der Waals surface area contributed by atoms with Crippen LogP contribution in [0.5, 0.6) is 0 Å². The summed E-state index contributed by atoms with van der Waals surface area (Å²) in [7, 11) is -3.69. The van der Waals surface area contributed by atoms with Gasteiger partial charge in [-0.3, -0.25) is 10.1 Å². The van der Waals surface area contributed by atoms with Crippen LogP contribution in [0, 0.1) is 23.0 Å². The molecule has 2 heterocycles. The van der Waals surface area contributed by atoms with Gasteiger partial charge in [0.05, 0.1) is 9.82 Å². The molecule has 1 aromatic carbocycles. The van der Waals surface area contributed by atoms with E-state index in [-0.39, 0.29) is 28.6 Å². The molecule has 0 aliphatic carbocycles. The molecule has 0 aromatic heterocycles. The highest BCUT2D eigenvalue weighted by molar-refractivity contribution is 7.89. The predicted molar refractivity (Wildman–Crippen MR) is 88.4 cm³/mol. The zero-order chi connectivity index (χ0) is 15.9. The summed E-state index contributed by atoms with van der Waals surface area (Å²) < 4.78 is 27.2. The fourth-order valence-corrected chi connectivity index (χ4v) is 5.21. The summed E-state index contributed by atoms with van der Waals surface area (Å²) in [5.74, 6) is 0.336. The lowest BCUT2D eigenvalue weighted by Gasteiger charge is -2.34. The second-order valence-corrected chi connectivity index (χ2v) is 7.82. The third kappa shape index (κ3) is 3.21. The smallest absolute Gasteiger partial charge is 0.273 e. The average Bonchev–Trinajstić information content (AvgIpc) is 2.94. The van der Waals surface area contributed by atoms with Crippen LogP contribution in [-0.4, -0.2) is 43.3 Å². The number of nitro benzene ring substituents is 1. The Bertz CT molecular complexity index is 710. The molecule has 0 bridgehead atoms. The van der Waals surface area contributed by atoms with Crippen LogP contribution < -0.4 is 5.32 Å². The Morgan fingerprint density at radius 3 is 2.78 bits per heavy atom. The van der Waals surface area contributed by atoms with Gasteiger partial charge in [-0.1, -0.05) is 6.07 Å². The normalized spacial score (nSPS) is 24.7. The lowest BCUT2D eigenvalue weighted by atomic mass is 9.95. The van der Waals surface area contributed by atoms with Gasteiger partial charge in [0, 0.05) is 30.8 Å². The molecule has 0 saturated carbocycles. The maximum atomic E-state index is 12.9. The van der Waals surface area contributed by atoms with Crippen molar-refractivity contribution in [2.45, 2.75) is 30.7 Å². The van der Waals surface area contributed by atoms with E-state index < -0.39 is 14.9 Å². The monoisotopic (exact) mass is 361 g/mol. The number of hydrogen-bond acceptors (Lipinski definition) is 5. The van der Waals surface area contributed by atoms with Crippen molar-refractivity contribution in [3.05, 3.63) is 33.9 Å². The van der Waals surface area contributed by atoms with E-state index in [2.05, 4.69) is 5.32 Å². The quantitative estimate of drug-likeness (QED) is 0.653. The van der Waals surface area contributed by atoms with Gasteiger partial charge in [-0.05, 0) is 38.3 Å². The van der Waals surface area contributed by atoms with Crippen molar-refractivity contribution in [3.63, 3.8) is 0 Å². The minimum absolute atomic E-state index is 0. The molecule has 2 unspecified atom stereocenters. The Balaban J connectivity index is 0.00000192. The molecule has 2 aliphatic heterocycles. The molecule has 2 aliphatic rings. The summed E-state index contributed by atoms with van der Waals surface area (Å²) >= 11 is 0. The number of nitrogens with one attached hydrogen (secondary N) is 1. The van der Waals surface area contributed by atoms with Gasteiger partial charge in [0.15, 0.2) is 0 Å². The number of rotatable bonds is 3. The van der Waals surface area contributed by atoms with Crippen LogP contribution in [0.1, 0.15) is 18.4 Å². The summed E-state index contributed by atoms with van der Waals surface area (Å²) in [6.45, 7) is 3.37. The minimum atomic E-state index is -3.69. The Hall–Kier alpha value is -1.22. The van der Waals surface area contributed by atoms with Gasteiger partial charge in [0.2, 0.25) is 10.0 Å². The molecule has 23 heavy (non-hydrogen) atoms. The molecule has 128 valence electrons. The number of fused-ring (bicyclic) bond motifs is 1. The van der Waals surface area contributed by atoms with Crippen LogP contribution >= 0.6 is 12.4 Å².